The lowest BCUT2D eigenvalue weighted by Gasteiger charge is -2.15. The second-order valence-corrected chi connectivity index (χ2v) is 5.61. The molecule has 0 spiro atoms. The van der Waals surface area contributed by atoms with Gasteiger partial charge in [-0.15, -0.1) is 0 Å². The van der Waals surface area contributed by atoms with Gasteiger partial charge in [-0.05, 0) is 25.0 Å². The van der Waals surface area contributed by atoms with Crippen LogP contribution >= 0.6 is 0 Å². The summed E-state index contributed by atoms with van der Waals surface area (Å²) in [5, 5.41) is 4.04. The van der Waals surface area contributed by atoms with Crippen molar-refractivity contribution in [2.45, 2.75) is 39.5 Å². The maximum Gasteiger partial charge on any atom is 0.268 e. The van der Waals surface area contributed by atoms with E-state index in [4.69, 9.17) is 9.47 Å². The molecule has 2 aromatic rings. The third-order valence-electron chi connectivity index (χ3n) is 4.13. The number of aromatic nitrogens is 1. The molecule has 0 atom stereocenters. The van der Waals surface area contributed by atoms with E-state index in [9.17, 15) is 4.79 Å². The molecule has 1 aromatic heterocycles. The van der Waals surface area contributed by atoms with E-state index in [0.717, 1.165) is 41.5 Å². The van der Waals surface area contributed by atoms with E-state index in [1.807, 2.05) is 19.1 Å². The molecule has 23 heavy (non-hydrogen) atoms. The molecule has 5 heteroatoms. The minimum atomic E-state index is -0.437. The van der Waals surface area contributed by atoms with E-state index >= 15 is 0 Å². The lowest BCUT2D eigenvalue weighted by Crippen LogP contribution is -2.35. The Kier molecular flexibility index (Phi) is 6.19. The zero-order valence-electron chi connectivity index (χ0n) is 14.4. The molecule has 0 aliphatic rings. The molecular formula is C18H26N2O3. The Balaban J connectivity index is 2.34. The maximum atomic E-state index is 12.7. The second kappa shape index (κ2) is 8.13. The van der Waals surface area contributed by atoms with Crippen molar-refractivity contribution in [3.05, 3.63) is 35.5 Å². The number of methoxy groups -OCH3 is 2. The number of para-hydroxylation sites is 1. The van der Waals surface area contributed by atoms with Gasteiger partial charge in [0.25, 0.3) is 5.91 Å². The summed E-state index contributed by atoms with van der Waals surface area (Å²) < 4.78 is 12.4. The summed E-state index contributed by atoms with van der Waals surface area (Å²) in [5.74, 6) is -0.0890. The number of fused-ring (bicyclic) bond motifs is 1. The summed E-state index contributed by atoms with van der Waals surface area (Å²) in [6, 6.07) is 8.16. The van der Waals surface area contributed by atoms with Crippen molar-refractivity contribution >= 4 is 16.8 Å². The highest BCUT2D eigenvalue weighted by molar-refractivity contribution is 6.01. The zero-order valence-corrected chi connectivity index (χ0v) is 14.4. The molecule has 0 saturated carbocycles. The molecule has 0 radical (unpaired) electrons. The molecule has 0 bridgehead atoms. The Hall–Kier alpha value is -1.85. The number of hydrogen-bond acceptors (Lipinski definition) is 3. The van der Waals surface area contributed by atoms with E-state index in [0.29, 0.717) is 6.54 Å². The first kappa shape index (κ1) is 17.5. The first-order chi connectivity index (χ1) is 11.1. The molecule has 0 aliphatic heterocycles. The topological polar surface area (TPSA) is 52.5 Å². The molecule has 5 nitrogen and oxygen atoms in total. The van der Waals surface area contributed by atoms with Crippen LogP contribution in [0.4, 0.5) is 0 Å². The van der Waals surface area contributed by atoms with Crippen LogP contribution in [0, 0.1) is 6.92 Å². The number of benzene rings is 1. The van der Waals surface area contributed by atoms with Crippen LogP contribution in [0.15, 0.2) is 24.3 Å². The molecular weight excluding hydrogens is 292 g/mol. The predicted molar refractivity (Wildman–Crippen MR) is 91.7 cm³/mol. The van der Waals surface area contributed by atoms with Crippen LogP contribution < -0.4 is 5.32 Å². The number of carbonyl (C=O) groups excluding carboxylic acids is 1. The van der Waals surface area contributed by atoms with E-state index in [1.54, 1.807) is 14.2 Å². The zero-order chi connectivity index (χ0) is 16.8. The Morgan fingerprint density at radius 2 is 1.96 bits per heavy atom. The summed E-state index contributed by atoms with van der Waals surface area (Å²) >= 11 is 0. The number of nitrogens with zero attached hydrogens (tertiary/aromatic N) is 1. The minimum absolute atomic E-state index is 0.0890. The van der Waals surface area contributed by atoms with Gasteiger partial charge in [0.2, 0.25) is 0 Å². The van der Waals surface area contributed by atoms with Gasteiger partial charge in [-0.2, -0.15) is 0 Å². The summed E-state index contributed by atoms with van der Waals surface area (Å²) in [6.45, 7) is 5.32. The lowest BCUT2D eigenvalue weighted by atomic mass is 10.1. The first-order valence-electron chi connectivity index (χ1n) is 8.05. The van der Waals surface area contributed by atoms with Gasteiger partial charge in [0.05, 0.1) is 6.54 Å². The normalized spacial score (nSPS) is 11.3. The van der Waals surface area contributed by atoms with Crippen molar-refractivity contribution in [2.24, 2.45) is 0 Å². The Morgan fingerprint density at radius 3 is 2.61 bits per heavy atom. The summed E-state index contributed by atoms with van der Waals surface area (Å²) in [7, 11) is 3.12. The van der Waals surface area contributed by atoms with E-state index in [-0.39, 0.29) is 5.91 Å². The number of unbranched alkanes of at least 4 members (excludes halogenated alkanes) is 1. The van der Waals surface area contributed by atoms with Gasteiger partial charge < -0.3 is 19.4 Å². The molecule has 1 heterocycles. The lowest BCUT2D eigenvalue weighted by molar-refractivity contribution is -0.0974. The van der Waals surface area contributed by atoms with Crippen molar-refractivity contribution in [1.82, 2.24) is 9.88 Å². The van der Waals surface area contributed by atoms with Gasteiger partial charge in [-0.3, -0.25) is 4.79 Å². The van der Waals surface area contributed by atoms with Gasteiger partial charge in [0.1, 0.15) is 5.69 Å². The Labute approximate surface area is 137 Å². The molecule has 1 amide bonds. The first-order valence-corrected chi connectivity index (χ1v) is 8.05. The van der Waals surface area contributed by atoms with E-state index in [1.165, 1.54) is 0 Å². The predicted octanol–water partition coefficient (Wildman–Crippen LogP) is 3.10. The molecule has 0 unspecified atom stereocenters. The van der Waals surface area contributed by atoms with Crippen LogP contribution in [0.2, 0.25) is 0 Å². The van der Waals surface area contributed by atoms with Gasteiger partial charge in [0.15, 0.2) is 6.29 Å². The molecule has 0 aliphatic carbocycles. The van der Waals surface area contributed by atoms with Crippen LogP contribution in [0.25, 0.3) is 10.9 Å². The number of rotatable bonds is 8. The molecule has 1 N–H and O–H groups in total. The molecule has 0 fully saturated rings. The van der Waals surface area contributed by atoms with Gasteiger partial charge >= 0.3 is 0 Å². The molecule has 1 aromatic carbocycles. The van der Waals surface area contributed by atoms with Gasteiger partial charge in [-0.25, -0.2) is 0 Å². The summed E-state index contributed by atoms with van der Waals surface area (Å²) in [6.07, 6.45) is 1.69. The number of nitrogens with one attached hydrogen (secondary N) is 1. The van der Waals surface area contributed by atoms with Gasteiger partial charge in [0, 0.05) is 31.7 Å². The average molecular weight is 318 g/mol. The third kappa shape index (κ3) is 3.74. The van der Waals surface area contributed by atoms with Gasteiger partial charge in [-0.1, -0.05) is 31.5 Å². The number of hydrogen-bond donors (Lipinski definition) is 1. The highest BCUT2D eigenvalue weighted by Crippen LogP contribution is 2.26. The van der Waals surface area contributed by atoms with Crippen molar-refractivity contribution in [2.75, 3.05) is 20.8 Å². The summed E-state index contributed by atoms with van der Waals surface area (Å²) in [4.78, 5) is 12.7. The highest BCUT2D eigenvalue weighted by atomic mass is 16.7. The Morgan fingerprint density at radius 1 is 1.26 bits per heavy atom. The maximum absolute atomic E-state index is 12.7. The van der Waals surface area contributed by atoms with Crippen LogP contribution in [0.1, 0.15) is 35.8 Å². The molecule has 2 rings (SSSR count). The second-order valence-electron chi connectivity index (χ2n) is 5.61. The van der Waals surface area contributed by atoms with Crippen LogP contribution in [0.3, 0.4) is 0 Å². The number of aryl methyl sites for hydroxylation is 2. The van der Waals surface area contributed by atoms with Crippen molar-refractivity contribution < 1.29 is 14.3 Å². The SMILES string of the molecule is CCCCn1c(C(=O)NCC(OC)OC)c(C)c2ccccc21. The van der Waals surface area contributed by atoms with Crippen molar-refractivity contribution in [3.8, 4) is 0 Å². The highest BCUT2D eigenvalue weighted by Gasteiger charge is 2.20. The number of ether oxygens (including phenoxy) is 2. The smallest absolute Gasteiger partial charge is 0.268 e. The standard InChI is InChI=1S/C18H26N2O3/c1-5-6-11-20-15-10-8-7-9-14(15)13(2)17(20)18(21)19-12-16(22-3)23-4/h7-10,16H,5-6,11-12H2,1-4H3,(H,19,21). The number of amides is 1. The fourth-order valence-corrected chi connectivity index (χ4v) is 2.84. The van der Waals surface area contributed by atoms with Crippen molar-refractivity contribution in [1.29, 1.82) is 0 Å². The number of carbonyl (C=O) groups is 1. The largest absolute Gasteiger partial charge is 0.354 e. The van der Waals surface area contributed by atoms with E-state index < -0.39 is 6.29 Å². The fraction of sp³-hybridized carbons (Fsp3) is 0.500. The van der Waals surface area contributed by atoms with Crippen molar-refractivity contribution in [3.63, 3.8) is 0 Å². The van der Waals surface area contributed by atoms with Crippen LogP contribution in [-0.2, 0) is 16.0 Å². The average Bonchev–Trinajstić information content (AvgIpc) is 2.86. The quantitative estimate of drug-likeness (QED) is 0.761. The Bertz CT molecular complexity index is 660. The monoisotopic (exact) mass is 318 g/mol. The molecule has 0 saturated heterocycles. The van der Waals surface area contributed by atoms with Crippen LogP contribution in [0.5, 0.6) is 0 Å². The van der Waals surface area contributed by atoms with E-state index in [2.05, 4.69) is 28.9 Å². The van der Waals surface area contributed by atoms with Crippen LogP contribution in [-0.4, -0.2) is 37.5 Å². The fourth-order valence-electron chi connectivity index (χ4n) is 2.84. The minimum Gasteiger partial charge on any atom is -0.354 e. The third-order valence-corrected chi connectivity index (χ3v) is 4.13. The summed E-state index contributed by atoms with van der Waals surface area (Å²) in [5.41, 5.74) is 2.85. The molecule has 126 valence electrons.